The van der Waals surface area contributed by atoms with Crippen LogP contribution in [0.2, 0.25) is 0 Å². The molecule has 1 amide bonds. The van der Waals surface area contributed by atoms with Crippen LogP contribution < -0.4 is 5.73 Å². The van der Waals surface area contributed by atoms with Gasteiger partial charge in [-0.1, -0.05) is 12.1 Å². The summed E-state index contributed by atoms with van der Waals surface area (Å²) in [5, 5.41) is 3.00. The molecule has 2 rings (SSSR count). The molecule has 1 heterocycles. The molecule has 0 spiro atoms. The molecule has 2 aromatic rings. The summed E-state index contributed by atoms with van der Waals surface area (Å²) in [6, 6.07) is 7.39. The number of hydrogen-bond donors (Lipinski definition) is 1. The number of carbonyl (C=O) groups excluding carboxylic acids is 1. The number of aryl methyl sites for hydroxylation is 1. The predicted molar refractivity (Wildman–Crippen MR) is 91.5 cm³/mol. The molecule has 1 aromatic heterocycles. The van der Waals surface area contributed by atoms with Crippen molar-refractivity contribution in [3.05, 3.63) is 51.5 Å². The van der Waals surface area contributed by atoms with Gasteiger partial charge in [-0.25, -0.2) is 4.98 Å². The van der Waals surface area contributed by atoms with Gasteiger partial charge in [0.1, 0.15) is 0 Å². The van der Waals surface area contributed by atoms with Crippen LogP contribution in [0, 0.1) is 6.92 Å². The fourth-order valence-electron chi connectivity index (χ4n) is 1.80. The zero-order chi connectivity index (χ0) is 13.8. The molecule has 0 radical (unpaired) electrons. The van der Waals surface area contributed by atoms with Crippen molar-refractivity contribution in [3.63, 3.8) is 0 Å². The molecular formula is C14H19Cl2N3OS. The van der Waals surface area contributed by atoms with Crippen LogP contribution in [-0.2, 0) is 13.1 Å². The number of carbonyl (C=O) groups is 1. The maximum absolute atomic E-state index is 12.2. The lowest BCUT2D eigenvalue weighted by molar-refractivity contribution is 0.0783. The van der Waals surface area contributed by atoms with Crippen LogP contribution >= 0.6 is 36.2 Å². The van der Waals surface area contributed by atoms with Gasteiger partial charge in [0.15, 0.2) is 0 Å². The minimum atomic E-state index is -0.00535. The molecule has 21 heavy (non-hydrogen) atoms. The molecule has 0 aliphatic heterocycles. The van der Waals surface area contributed by atoms with Crippen LogP contribution in [0.15, 0.2) is 29.6 Å². The van der Waals surface area contributed by atoms with E-state index in [2.05, 4.69) is 4.98 Å². The summed E-state index contributed by atoms with van der Waals surface area (Å²) in [5.74, 6) is -0.00535. The first-order valence-corrected chi connectivity index (χ1v) is 6.93. The van der Waals surface area contributed by atoms with Gasteiger partial charge >= 0.3 is 0 Å². The van der Waals surface area contributed by atoms with E-state index in [1.807, 2.05) is 36.6 Å². The second-order valence-electron chi connectivity index (χ2n) is 4.42. The van der Waals surface area contributed by atoms with Gasteiger partial charge in [-0.3, -0.25) is 4.79 Å². The van der Waals surface area contributed by atoms with Gasteiger partial charge in [-0.2, -0.15) is 0 Å². The van der Waals surface area contributed by atoms with Crippen molar-refractivity contribution in [1.82, 2.24) is 9.88 Å². The molecule has 0 atom stereocenters. The number of benzene rings is 1. The molecule has 116 valence electrons. The van der Waals surface area contributed by atoms with E-state index in [-0.39, 0.29) is 30.7 Å². The van der Waals surface area contributed by atoms with Gasteiger partial charge in [0.2, 0.25) is 0 Å². The Morgan fingerprint density at radius 2 is 1.90 bits per heavy atom. The van der Waals surface area contributed by atoms with Gasteiger partial charge in [0.25, 0.3) is 5.91 Å². The Morgan fingerprint density at radius 3 is 2.38 bits per heavy atom. The van der Waals surface area contributed by atoms with E-state index in [0.29, 0.717) is 18.7 Å². The fraction of sp³-hybridized carbons (Fsp3) is 0.286. The highest BCUT2D eigenvalue weighted by Gasteiger charge is 2.13. The normalized spacial score (nSPS) is 9.48. The van der Waals surface area contributed by atoms with Crippen molar-refractivity contribution in [3.8, 4) is 0 Å². The molecule has 0 aliphatic rings. The lowest BCUT2D eigenvalue weighted by Gasteiger charge is -2.16. The van der Waals surface area contributed by atoms with Gasteiger partial charge in [0, 0.05) is 24.5 Å². The standard InChI is InChI=1S/C14H17N3OS.2ClH/c1-10-16-13(9-19-10)8-17(2)14(18)12-5-3-11(7-15)4-6-12;;/h3-6,9H,7-8,15H2,1-2H3;2*1H. The lowest BCUT2D eigenvalue weighted by Crippen LogP contribution is -2.26. The maximum atomic E-state index is 12.2. The summed E-state index contributed by atoms with van der Waals surface area (Å²) in [6.45, 7) is 2.98. The number of rotatable bonds is 4. The smallest absolute Gasteiger partial charge is 0.253 e. The van der Waals surface area contributed by atoms with Crippen LogP contribution in [0.5, 0.6) is 0 Å². The van der Waals surface area contributed by atoms with E-state index in [9.17, 15) is 4.79 Å². The van der Waals surface area contributed by atoms with Crippen molar-refractivity contribution < 1.29 is 4.79 Å². The molecule has 4 nitrogen and oxygen atoms in total. The second-order valence-corrected chi connectivity index (χ2v) is 5.48. The largest absolute Gasteiger partial charge is 0.336 e. The molecule has 0 saturated heterocycles. The zero-order valence-corrected chi connectivity index (χ0v) is 14.4. The number of nitrogens with two attached hydrogens (primary N) is 1. The van der Waals surface area contributed by atoms with Crippen LogP contribution in [0.3, 0.4) is 0 Å². The van der Waals surface area contributed by atoms with E-state index in [1.165, 1.54) is 0 Å². The summed E-state index contributed by atoms with van der Waals surface area (Å²) < 4.78 is 0. The Kier molecular flexibility index (Phi) is 8.51. The molecule has 0 aliphatic carbocycles. The highest BCUT2D eigenvalue weighted by molar-refractivity contribution is 7.09. The van der Waals surface area contributed by atoms with Crippen LogP contribution in [0.25, 0.3) is 0 Å². The number of nitrogens with zero attached hydrogens (tertiary/aromatic N) is 2. The second kappa shape index (κ2) is 9.00. The number of aromatic nitrogens is 1. The van der Waals surface area contributed by atoms with Gasteiger partial charge in [-0.15, -0.1) is 36.2 Å². The first kappa shape index (κ1) is 19.9. The average molecular weight is 348 g/mol. The Balaban J connectivity index is 0.00000200. The van der Waals surface area contributed by atoms with Gasteiger partial charge < -0.3 is 10.6 Å². The molecular weight excluding hydrogens is 329 g/mol. The Hall–Kier alpha value is -1.14. The van der Waals surface area contributed by atoms with Crippen LogP contribution in [0.1, 0.15) is 26.6 Å². The summed E-state index contributed by atoms with van der Waals surface area (Å²) in [7, 11) is 1.79. The van der Waals surface area contributed by atoms with Crippen molar-refractivity contribution in [2.45, 2.75) is 20.0 Å². The minimum Gasteiger partial charge on any atom is -0.336 e. The molecule has 0 fully saturated rings. The third kappa shape index (κ3) is 5.28. The first-order valence-electron chi connectivity index (χ1n) is 6.05. The van der Waals surface area contributed by atoms with Crippen molar-refractivity contribution >= 4 is 42.1 Å². The van der Waals surface area contributed by atoms with E-state index in [4.69, 9.17) is 5.73 Å². The van der Waals surface area contributed by atoms with Crippen molar-refractivity contribution in [2.75, 3.05) is 7.05 Å². The maximum Gasteiger partial charge on any atom is 0.253 e. The zero-order valence-electron chi connectivity index (χ0n) is 11.9. The molecule has 1 aromatic carbocycles. The number of amides is 1. The molecule has 2 N–H and O–H groups in total. The first-order chi connectivity index (χ1) is 9.10. The topological polar surface area (TPSA) is 59.2 Å². The highest BCUT2D eigenvalue weighted by Crippen LogP contribution is 2.12. The van der Waals surface area contributed by atoms with Crippen LogP contribution in [-0.4, -0.2) is 22.8 Å². The SMILES string of the molecule is Cc1nc(CN(C)C(=O)c2ccc(CN)cc2)cs1.Cl.Cl. The van der Waals surface area contributed by atoms with E-state index in [0.717, 1.165) is 16.3 Å². The minimum absolute atomic E-state index is 0. The summed E-state index contributed by atoms with van der Waals surface area (Å²) in [4.78, 5) is 18.3. The Morgan fingerprint density at radius 1 is 1.29 bits per heavy atom. The average Bonchev–Trinajstić information content (AvgIpc) is 2.83. The summed E-state index contributed by atoms with van der Waals surface area (Å²) in [6.07, 6.45) is 0. The van der Waals surface area contributed by atoms with Crippen LogP contribution in [0.4, 0.5) is 0 Å². The third-order valence-corrected chi connectivity index (χ3v) is 3.67. The van der Waals surface area contributed by atoms with E-state index in [1.54, 1.807) is 23.3 Å². The Labute approximate surface area is 141 Å². The van der Waals surface area contributed by atoms with Gasteiger partial charge in [0.05, 0.1) is 17.2 Å². The van der Waals surface area contributed by atoms with E-state index >= 15 is 0 Å². The Bertz CT molecular complexity index is 572. The van der Waals surface area contributed by atoms with E-state index < -0.39 is 0 Å². The number of halogens is 2. The number of hydrogen-bond acceptors (Lipinski definition) is 4. The van der Waals surface area contributed by atoms with Crippen molar-refractivity contribution in [2.24, 2.45) is 5.73 Å². The highest BCUT2D eigenvalue weighted by atomic mass is 35.5. The molecule has 0 bridgehead atoms. The van der Waals surface area contributed by atoms with Crippen molar-refractivity contribution in [1.29, 1.82) is 0 Å². The third-order valence-electron chi connectivity index (χ3n) is 2.85. The summed E-state index contributed by atoms with van der Waals surface area (Å²) in [5.41, 5.74) is 8.16. The quantitative estimate of drug-likeness (QED) is 0.924. The summed E-state index contributed by atoms with van der Waals surface area (Å²) >= 11 is 1.60. The molecule has 0 saturated carbocycles. The molecule has 0 unspecified atom stereocenters. The predicted octanol–water partition coefficient (Wildman–Crippen LogP) is 3.03. The monoisotopic (exact) mass is 347 g/mol. The lowest BCUT2D eigenvalue weighted by atomic mass is 10.1. The fourth-order valence-corrected chi connectivity index (χ4v) is 2.40. The molecule has 7 heteroatoms. The number of thiazole rings is 1. The van der Waals surface area contributed by atoms with Gasteiger partial charge in [-0.05, 0) is 24.6 Å².